The lowest BCUT2D eigenvalue weighted by atomic mass is 10.1. The van der Waals surface area contributed by atoms with Gasteiger partial charge in [0.05, 0.1) is 24.3 Å². The van der Waals surface area contributed by atoms with Gasteiger partial charge >= 0.3 is 11.9 Å². The van der Waals surface area contributed by atoms with Gasteiger partial charge in [-0.3, -0.25) is 4.79 Å². The number of para-hydroxylation sites is 1. The Hall–Kier alpha value is -3.37. The quantitative estimate of drug-likeness (QED) is 0.485. The van der Waals surface area contributed by atoms with Crippen LogP contribution < -0.4 is 10.1 Å². The molecule has 2 aromatic heterocycles. The maximum absolute atomic E-state index is 12.7. The molecule has 0 saturated carbocycles. The lowest BCUT2D eigenvalue weighted by Crippen LogP contribution is -2.16. The van der Waals surface area contributed by atoms with E-state index in [0.29, 0.717) is 16.3 Å². The average molecular weight is 478 g/mol. The van der Waals surface area contributed by atoms with Crippen LogP contribution in [-0.2, 0) is 16.2 Å². The molecule has 11 heteroatoms. The van der Waals surface area contributed by atoms with E-state index in [1.54, 1.807) is 44.3 Å². The zero-order valence-electron chi connectivity index (χ0n) is 17.5. The highest BCUT2D eigenvalue weighted by Crippen LogP contribution is 2.34. The fourth-order valence-electron chi connectivity index (χ4n) is 2.76. The number of methoxy groups -OCH3 is 1. The normalized spacial score (nSPS) is 10.5. The summed E-state index contributed by atoms with van der Waals surface area (Å²) in [6.07, 6.45) is 1.57. The fourth-order valence-corrected chi connectivity index (χ4v) is 4.03. The fraction of sp³-hybridized carbons (Fsp3) is 0.238. The first-order valence-electron chi connectivity index (χ1n) is 9.46. The van der Waals surface area contributed by atoms with Crippen LogP contribution in [0.2, 0.25) is 5.02 Å². The number of amides is 1. The van der Waals surface area contributed by atoms with Gasteiger partial charge in [-0.05, 0) is 37.6 Å². The first kappa shape index (κ1) is 23.3. The molecule has 3 aromatic rings. The van der Waals surface area contributed by atoms with Crippen LogP contribution in [0.3, 0.4) is 0 Å². The molecule has 1 aromatic carbocycles. The number of hydrogen-bond donors (Lipinski definition) is 1. The van der Waals surface area contributed by atoms with Crippen molar-refractivity contribution < 1.29 is 28.6 Å². The number of rotatable bonds is 8. The molecule has 2 heterocycles. The minimum absolute atomic E-state index is 0.0372. The zero-order chi connectivity index (χ0) is 23.3. The lowest BCUT2D eigenvalue weighted by molar-refractivity contribution is 0.0531. The van der Waals surface area contributed by atoms with Gasteiger partial charge in [-0.25, -0.2) is 14.3 Å². The first-order valence-corrected chi connectivity index (χ1v) is 10.7. The third-order valence-electron chi connectivity index (χ3n) is 4.29. The lowest BCUT2D eigenvalue weighted by Gasteiger charge is -2.07. The van der Waals surface area contributed by atoms with Gasteiger partial charge in [0.1, 0.15) is 15.6 Å². The molecule has 0 aliphatic carbocycles. The van der Waals surface area contributed by atoms with E-state index < -0.39 is 17.8 Å². The van der Waals surface area contributed by atoms with Crippen molar-refractivity contribution in [3.63, 3.8) is 0 Å². The molecule has 32 heavy (non-hydrogen) atoms. The van der Waals surface area contributed by atoms with Gasteiger partial charge in [-0.2, -0.15) is 5.10 Å². The number of hydrogen-bond acceptors (Lipinski definition) is 8. The molecule has 3 rings (SSSR count). The molecule has 9 nitrogen and oxygen atoms in total. The predicted octanol–water partition coefficient (Wildman–Crippen LogP) is 4.16. The first-order chi connectivity index (χ1) is 15.3. The van der Waals surface area contributed by atoms with E-state index in [1.807, 2.05) is 0 Å². The van der Waals surface area contributed by atoms with Gasteiger partial charge in [-0.15, -0.1) is 11.3 Å². The maximum atomic E-state index is 12.7. The predicted molar refractivity (Wildman–Crippen MR) is 119 cm³/mol. The largest absolute Gasteiger partial charge is 0.470 e. The van der Waals surface area contributed by atoms with E-state index in [0.717, 1.165) is 11.3 Å². The van der Waals surface area contributed by atoms with Crippen molar-refractivity contribution in [2.45, 2.75) is 20.6 Å². The summed E-state index contributed by atoms with van der Waals surface area (Å²) in [5.74, 6) is -1.34. The summed E-state index contributed by atoms with van der Waals surface area (Å²) >= 11 is 6.99. The number of halogens is 1. The molecule has 168 valence electrons. The molecule has 0 saturated heterocycles. The Morgan fingerprint density at radius 1 is 1.19 bits per heavy atom. The molecule has 1 N–H and O–H groups in total. The second-order valence-electron chi connectivity index (χ2n) is 6.37. The summed E-state index contributed by atoms with van der Waals surface area (Å²) in [5, 5.41) is 7.43. The number of aromatic nitrogens is 2. The Labute approximate surface area is 192 Å². The van der Waals surface area contributed by atoms with Crippen molar-refractivity contribution in [3.05, 3.63) is 63.2 Å². The number of carbonyl (C=O) groups is 3. The van der Waals surface area contributed by atoms with Crippen LogP contribution in [0.1, 0.15) is 43.0 Å². The van der Waals surface area contributed by atoms with Gasteiger partial charge in [0.25, 0.3) is 5.91 Å². The van der Waals surface area contributed by atoms with Gasteiger partial charge in [-0.1, -0.05) is 23.7 Å². The molecular weight excluding hydrogens is 458 g/mol. The minimum atomic E-state index is -0.678. The molecule has 0 bridgehead atoms. The maximum Gasteiger partial charge on any atom is 0.348 e. The van der Waals surface area contributed by atoms with Crippen LogP contribution in [0.25, 0.3) is 0 Å². The van der Waals surface area contributed by atoms with E-state index in [1.165, 1.54) is 17.9 Å². The van der Waals surface area contributed by atoms with Crippen molar-refractivity contribution in [2.24, 2.45) is 0 Å². The van der Waals surface area contributed by atoms with Crippen molar-refractivity contribution >= 4 is 45.8 Å². The Morgan fingerprint density at radius 3 is 2.62 bits per heavy atom. The molecule has 0 aliphatic heterocycles. The third kappa shape index (κ3) is 5.09. The summed E-state index contributed by atoms with van der Waals surface area (Å²) < 4.78 is 16.8. The SMILES string of the molecule is CCOC(=O)c1sc(NC(=O)c2ccn(COc3ccccc3Cl)n2)c(C(=O)OC)c1C. The number of nitrogens with zero attached hydrogens (tertiary/aromatic N) is 2. The molecule has 0 fully saturated rings. The van der Waals surface area contributed by atoms with Crippen molar-refractivity contribution in [1.82, 2.24) is 9.78 Å². The number of benzene rings is 1. The summed E-state index contributed by atoms with van der Waals surface area (Å²) in [7, 11) is 1.22. The highest BCUT2D eigenvalue weighted by Gasteiger charge is 2.27. The second kappa shape index (κ2) is 10.3. The summed E-state index contributed by atoms with van der Waals surface area (Å²) in [6.45, 7) is 3.48. The standard InChI is InChI=1S/C21H20ClN3O6S/c1-4-30-21(28)17-12(2)16(20(27)29-3)19(32-17)23-18(26)14-9-10-25(24-14)11-31-15-8-6-5-7-13(15)22/h5-10H,4,11H2,1-3H3,(H,23,26). The van der Waals surface area contributed by atoms with Crippen molar-refractivity contribution in [1.29, 1.82) is 0 Å². The van der Waals surface area contributed by atoms with E-state index >= 15 is 0 Å². The Balaban J connectivity index is 1.77. The third-order valence-corrected chi connectivity index (χ3v) is 5.79. The number of esters is 2. The number of anilines is 1. The minimum Gasteiger partial charge on any atom is -0.470 e. The van der Waals surface area contributed by atoms with Crippen LogP contribution >= 0.6 is 22.9 Å². The number of thiophene rings is 1. The summed E-state index contributed by atoms with van der Waals surface area (Å²) in [4.78, 5) is 37.4. The van der Waals surface area contributed by atoms with Crippen LogP contribution in [-0.4, -0.2) is 41.3 Å². The van der Waals surface area contributed by atoms with Gasteiger partial charge < -0.3 is 19.5 Å². The van der Waals surface area contributed by atoms with Gasteiger partial charge in [0.2, 0.25) is 0 Å². The number of nitrogens with one attached hydrogen (secondary N) is 1. The van der Waals surface area contributed by atoms with Crippen LogP contribution in [0.4, 0.5) is 5.00 Å². The molecule has 1 amide bonds. The molecule has 0 radical (unpaired) electrons. The molecule has 0 aliphatic rings. The van der Waals surface area contributed by atoms with Gasteiger partial charge in [0.15, 0.2) is 12.4 Å². The molecule has 0 atom stereocenters. The van der Waals surface area contributed by atoms with E-state index in [9.17, 15) is 14.4 Å². The smallest absolute Gasteiger partial charge is 0.348 e. The second-order valence-corrected chi connectivity index (χ2v) is 7.80. The number of carbonyl (C=O) groups excluding carboxylic acids is 3. The summed E-state index contributed by atoms with van der Waals surface area (Å²) in [6, 6.07) is 8.48. The van der Waals surface area contributed by atoms with Crippen molar-refractivity contribution in [2.75, 3.05) is 19.0 Å². The van der Waals surface area contributed by atoms with Crippen LogP contribution in [0.5, 0.6) is 5.75 Å². The summed E-state index contributed by atoms with van der Waals surface area (Å²) in [5.41, 5.74) is 0.553. The molecule has 0 spiro atoms. The zero-order valence-corrected chi connectivity index (χ0v) is 19.1. The Bertz CT molecular complexity index is 1160. The monoisotopic (exact) mass is 477 g/mol. The number of ether oxygens (including phenoxy) is 3. The Kier molecular flexibility index (Phi) is 7.49. The average Bonchev–Trinajstić information content (AvgIpc) is 3.37. The molecular formula is C21H20ClN3O6S. The van der Waals surface area contributed by atoms with Crippen LogP contribution in [0, 0.1) is 6.92 Å². The highest BCUT2D eigenvalue weighted by atomic mass is 35.5. The Morgan fingerprint density at radius 2 is 1.94 bits per heavy atom. The highest BCUT2D eigenvalue weighted by molar-refractivity contribution is 7.18. The van der Waals surface area contributed by atoms with Crippen LogP contribution in [0.15, 0.2) is 36.5 Å². The molecule has 0 unspecified atom stereocenters. The van der Waals surface area contributed by atoms with E-state index in [-0.39, 0.29) is 34.5 Å². The topological polar surface area (TPSA) is 109 Å². The van der Waals surface area contributed by atoms with Gasteiger partial charge in [0, 0.05) is 6.20 Å². The van der Waals surface area contributed by atoms with E-state index in [2.05, 4.69) is 10.4 Å². The van der Waals surface area contributed by atoms with E-state index in [4.69, 9.17) is 25.8 Å². The van der Waals surface area contributed by atoms with Crippen molar-refractivity contribution in [3.8, 4) is 5.75 Å².